The standard InChI is InChI=1S/C21H20Cl2O5/c1-26-12-17(21(24)25)16-5-3-2-4-14(16)11-27-15-8-18(22)20(19(23)9-15)28-10-13-6-7-13/h2-5,8-9,12-13H,6-7,10-11H2,1H3,(H,24,25). The number of carboxylic acids is 1. The highest BCUT2D eigenvalue weighted by atomic mass is 35.5. The van der Waals surface area contributed by atoms with Crippen molar-refractivity contribution >= 4 is 34.7 Å². The van der Waals surface area contributed by atoms with Crippen LogP contribution in [0.2, 0.25) is 10.0 Å². The van der Waals surface area contributed by atoms with Crippen molar-refractivity contribution in [3.05, 3.63) is 63.8 Å². The molecule has 2 aromatic rings. The van der Waals surface area contributed by atoms with Crippen LogP contribution in [0, 0.1) is 5.92 Å². The predicted molar refractivity (Wildman–Crippen MR) is 108 cm³/mol. The van der Waals surface area contributed by atoms with E-state index >= 15 is 0 Å². The summed E-state index contributed by atoms with van der Waals surface area (Å²) in [6.07, 6.45) is 3.54. The molecule has 28 heavy (non-hydrogen) atoms. The number of halogens is 2. The molecule has 0 bridgehead atoms. The third-order valence-corrected chi connectivity index (χ3v) is 4.86. The number of methoxy groups -OCH3 is 1. The summed E-state index contributed by atoms with van der Waals surface area (Å²) in [5.74, 6) is 0.427. The SMILES string of the molecule is COC=C(C(=O)O)c1ccccc1COc1cc(Cl)c(OCC2CC2)c(Cl)c1. The van der Waals surface area contributed by atoms with Gasteiger partial charge in [-0.05, 0) is 29.9 Å². The molecule has 0 aliphatic heterocycles. The van der Waals surface area contributed by atoms with Gasteiger partial charge in [0.25, 0.3) is 0 Å². The Hall–Kier alpha value is -2.37. The minimum Gasteiger partial charge on any atom is -0.503 e. The van der Waals surface area contributed by atoms with Crippen molar-refractivity contribution in [2.24, 2.45) is 5.92 Å². The van der Waals surface area contributed by atoms with E-state index in [4.69, 9.17) is 37.4 Å². The lowest BCUT2D eigenvalue weighted by Gasteiger charge is -2.14. The molecule has 3 rings (SSSR count). The minimum atomic E-state index is -1.09. The van der Waals surface area contributed by atoms with E-state index in [0.717, 1.165) is 0 Å². The van der Waals surface area contributed by atoms with Gasteiger partial charge in [0.05, 0.1) is 30.0 Å². The van der Waals surface area contributed by atoms with Crippen molar-refractivity contribution in [3.8, 4) is 11.5 Å². The van der Waals surface area contributed by atoms with Crippen LogP contribution in [-0.2, 0) is 16.1 Å². The van der Waals surface area contributed by atoms with Gasteiger partial charge >= 0.3 is 5.97 Å². The summed E-state index contributed by atoms with van der Waals surface area (Å²) in [6, 6.07) is 10.3. The van der Waals surface area contributed by atoms with Crippen molar-refractivity contribution in [1.29, 1.82) is 0 Å². The average molecular weight is 423 g/mol. The maximum atomic E-state index is 11.5. The predicted octanol–water partition coefficient (Wildman–Crippen LogP) is 5.43. The minimum absolute atomic E-state index is 0.0431. The zero-order valence-corrected chi connectivity index (χ0v) is 16.8. The quantitative estimate of drug-likeness (QED) is 0.430. The fourth-order valence-corrected chi connectivity index (χ4v) is 3.24. The second kappa shape index (κ2) is 9.22. The third kappa shape index (κ3) is 5.12. The number of aliphatic carboxylic acids is 1. The molecule has 2 aromatic carbocycles. The summed E-state index contributed by atoms with van der Waals surface area (Å²) < 4.78 is 16.4. The summed E-state index contributed by atoms with van der Waals surface area (Å²) in [6.45, 7) is 0.746. The normalized spacial score (nSPS) is 13.9. The van der Waals surface area contributed by atoms with Crippen molar-refractivity contribution in [2.75, 3.05) is 13.7 Å². The first-order chi connectivity index (χ1) is 13.5. The van der Waals surface area contributed by atoms with Gasteiger partial charge in [0.2, 0.25) is 0 Å². The first-order valence-electron chi connectivity index (χ1n) is 8.78. The molecule has 0 heterocycles. The van der Waals surface area contributed by atoms with E-state index in [2.05, 4.69) is 0 Å². The lowest BCUT2D eigenvalue weighted by Crippen LogP contribution is -2.06. The van der Waals surface area contributed by atoms with E-state index in [1.54, 1.807) is 30.3 Å². The fourth-order valence-electron chi connectivity index (χ4n) is 2.66. The maximum Gasteiger partial charge on any atom is 0.339 e. The summed E-state index contributed by atoms with van der Waals surface area (Å²) in [5.41, 5.74) is 1.24. The molecule has 0 spiro atoms. The fraction of sp³-hybridized carbons (Fsp3) is 0.286. The van der Waals surface area contributed by atoms with Crippen LogP contribution >= 0.6 is 23.2 Å². The summed E-state index contributed by atoms with van der Waals surface area (Å²) in [5, 5.41) is 10.2. The Morgan fingerprint density at radius 3 is 2.46 bits per heavy atom. The van der Waals surface area contributed by atoms with Crippen molar-refractivity contribution in [3.63, 3.8) is 0 Å². The van der Waals surface area contributed by atoms with Crippen LogP contribution in [0.3, 0.4) is 0 Å². The van der Waals surface area contributed by atoms with Crippen molar-refractivity contribution < 1.29 is 24.1 Å². The molecule has 1 N–H and O–H groups in total. The summed E-state index contributed by atoms with van der Waals surface area (Å²) in [7, 11) is 1.40. The van der Waals surface area contributed by atoms with Gasteiger partial charge in [-0.25, -0.2) is 4.79 Å². The molecule has 0 unspecified atom stereocenters. The Morgan fingerprint density at radius 1 is 1.18 bits per heavy atom. The second-order valence-corrected chi connectivity index (χ2v) is 7.30. The van der Waals surface area contributed by atoms with Crippen LogP contribution in [0.4, 0.5) is 0 Å². The molecule has 0 amide bonds. The van der Waals surface area contributed by atoms with Gasteiger partial charge < -0.3 is 19.3 Å². The Bertz CT molecular complexity index is 867. The van der Waals surface area contributed by atoms with Crippen LogP contribution in [-0.4, -0.2) is 24.8 Å². The summed E-state index contributed by atoms with van der Waals surface area (Å²) >= 11 is 12.6. The molecule has 1 aliphatic rings. The number of hydrogen-bond acceptors (Lipinski definition) is 4. The third-order valence-electron chi connectivity index (χ3n) is 4.30. The van der Waals surface area contributed by atoms with E-state index in [1.807, 2.05) is 6.07 Å². The van der Waals surface area contributed by atoms with Gasteiger partial charge in [0, 0.05) is 12.1 Å². The molecule has 0 atom stereocenters. The van der Waals surface area contributed by atoms with Gasteiger partial charge in [0.1, 0.15) is 17.9 Å². The Labute approximate surface area is 173 Å². The highest BCUT2D eigenvalue weighted by molar-refractivity contribution is 6.37. The van der Waals surface area contributed by atoms with Gasteiger partial charge in [-0.2, -0.15) is 0 Å². The summed E-state index contributed by atoms with van der Waals surface area (Å²) in [4.78, 5) is 11.5. The van der Waals surface area contributed by atoms with E-state index in [9.17, 15) is 9.90 Å². The van der Waals surface area contributed by atoms with Crippen LogP contribution in [0.5, 0.6) is 11.5 Å². The van der Waals surface area contributed by atoms with Gasteiger partial charge in [-0.3, -0.25) is 0 Å². The smallest absolute Gasteiger partial charge is 0.339 e. The van der Waals surface area contributed by atoms with Crippen molar-refractivity contribution in [2.45, 2.75) is 19.4 Å². The lowest BCUT2D eigenvalue weighted by molar-refractivity contribution is -0.130. The first kappa shape index (κ1) is 20.4. The highest BCUT2D eigenvalue weighted by Gasteiger charge is 2.23. The van der Waals surface area contributed by atoms with E-state index in [1.165, 1.54) is 26.2 Å². The van der Waals surface area contributed by atoms with E-state index in [0.29, 0.717) is 45.2 Å². The molecule has 7 heteroatoms. The second-order valence-electron chi connectivity index (χ2n) is 6.49. The molecular formula is C21H20Cl2O5. The van der Waals surface area contributed by atoms with Gasteiger partial charge in [0.15, 0.2) is 5.75 Å². The Kier molecular flexibility index (Phi) is 6.70. The molecule has 1 saturated carbocycles. The molecule has 1 fully saturated rings. The van der Waals surface area contributed by atoms with E-state index in [-0.39, 0.29) is 12.2 Å². The molecule has 0 saturated heterocycles. The van der Waals surface area contributed by atoms with Gasteiger partial charge in [-0.15, -0.1) is 0 Å². The van der Waals surface area contributed by atoms with Crippen molar-refractivity contribution in [1.82, 2.24) is 0 Å². The number of benzene rings is 2. The molecular weight excluding hydrogens is 403 g/mol. The van der Waals surface area contributed by atoms with Crippen LogP contribution in [0.1, 0.15) is 24.0 Å². The van der Waals surface area contributed by atoms with Gasteiger partial charge in [-0.1, -0.05) is 47.5 Å². The Morgan fingerprint density at radius 2 is 1.86 bits per heavy atom. The number of carbonyl (C=O) groups is 1. The highest BCUT2D eigenvalue weighted by Crippen LogP contribution is 2.39. The van der Waals surface area contributed by atoms with Crippen LogP contribution in [0.15, 0.2) is 42.7 Å². The largest absolute Gasteiger partial charge is 0.503 e. The van der Waals surface area contributed by atoms with Crippen LogP contribution < -0.4 is 9.47 Å². The number of hydrogen-bond donors (Lipinski definition) is 1. The van der Waals surface area contributed by atoms with E-state index < -0.39 is 5.97 Å². The zero-order valence-electron chi connectivity index (χ0n) is 15.3. The topological polar surface area (TPSA) is 65.0 Å². The molecule has 148 valence electrons. The number of carboxylic acid groups (broad SMARTS) is 1. The molecule has 1 aliphatic carbocycles. The molecule has 5 nitrogen and oxygen atoms in total. The maximum absolute atomic E-state index is 11.5. The number of rotatable bonds is 9. The zero-order chi connectivity index (χ0) is 20.1. The monoisotopic (exact) mass is 422 g/mol. The Balaban J connectivity index is 1.75. The lowest BCUT2D eigenvalue weighted by atomic mass is 10.0. The molecule has 0 radical (unpaired) electrons. The average Bonchev–Trinajstić information content (AvgIpc) is 3.48. The molecule has 0 aromatic heterocycles. The first-order valence-corrected chi connectivity index (χ1v) is 9.54. The van der Waals surface area contributed by atoms with Crippen LogP contribution in [0.25, 0.3) is 5.57 Å². The number of ether oxygens (including phenoxy) is 3.